The van der Waals surface area contributed by atoms with Crippen molar-refractivity contribution in [1.29, 1.82) is 0 Å². The van der Waals surface area contributed by atoms with Crippen LogP contribution in [0.3, 0.4) is 0 Å². The van der Waals surface area contributed by atoms with Crippen molar-refractivity contribution in [2.75, 3.05) is 0 Å². The van der Waals surface area contributed by atoms with Gasteiger partial charge in [-0.2, -0.15) is 0 Å². The molecule has 0 unspecified atom stereocenters. The van der Waals surface area contributed by atoms with Crippen LogP contribution in [-0.4, -0.2) is 0 Å². The lowest BCUT2D eigenvalue weighted by molar-refractivity contribution is 1.52. The Morgan fingerprint density at radius 2 is 1.50 bits per heavy atom. The molecule has 0 saturated carbocycles. The van der Waals surface area contributed by atoms with Crippen molar-refractivity contribution in [2.45, 2.75) is 6.92 Å². The van der Waals surface area contributed by atoms with Gasteiger partial charge in [-0.15, -0.1) is 0 Å². The van der Waals surface area contributed by atoms with Gasteiger partial charge in [-0.25, -0.2) is 0 Å². The average molecular weight is 271 g/mol. The first kappa shape index (κ1) is 9.86. The molecule has 3 rings (SSSR count). The van der Waals surface area contributed by atoms with Gasteiger partial charge in [0.2, 0.25) is 0 Å². The summed E-state index contributed by atoms with van der Waals surface area (Å²) in [5.41, 5.74) is 1.31. The lowest BCUT2D eigenvalue weighted by atomic mass is 10.0. The topological polar surface area (TPSA) is 0 Å². The molecule has 0 nitrogen and oxygen atoms in total. The SMILES string of the molecule is Cc1cc(Br)cc2cc3ccccc3cc12. The summed E-state index contributed by atoms with van der Waals surface area (Å²) in [5, 5.41) is 5.24. The molecule has 0 saturated heterocycles. The Hall–Kier alpha value is -1.34. The highest BCUT2D eigenvalue weighted by Crippen LogP contribution is 2.28. The van der Waals surface area contributed by atoms with Gasteiger partial charge in [0.1, 0.15) is 0 Å². The fourth-order valence-electron chi connectivity index (χ4n) is 2.19. The number of rotatable bonds is 0. The molecular weight excluding hydrogens is 260 g/mol. The number of hydrogen-bond acceptors (Lipinski definition) is 0. The first-order chi connectivity index (χ1) is 7.74. The molecule has 0 aromatic heterocycles. The second kappa shape index (κ2) is 3.60. The molecule has 0 fully saturated rings. The van der Waals surface area contributed by atoms with Crippen LogP contribution in [0.25, 0.3) is 21.5 Å². The smallest absolute Gasteiger partial charge is 0.0184 e. The summed E-state index contributed by atoms with van der Waals surface area (Å²) < 4.78 is 1.15. The number of hydrogen-bond donors (Lipinski definition) is 0. The summed E-state index contributed by atoms with van der Waals surface area (Å²) >= 11 is 3.55. The molecule has 3 aromatic rings. The molecule has 0 N–H and O–H groups in total. The van der Waals surface area contributed by atoms with Crippen LogP contribution in [0.1, 0.15) is 5.56 Å². The molecular formula is C15H11Br. The molecule has 0 radical (unpaired) electrons. The highest BCUT2D eigenvalue weighted by Gasteiger charge is 2.01. The van der Waals surface area contributed by atoms with E-state index in [1.54, 1.807) is 0 Å². The summed E-state index contributed by atoms with van der Waals surface area (Å²) in [4.78, 5) is 0. The molecule has 0 spiro atoms. The largest absolute Gasteiger partial charge is 0.0616 e. The number of aryl methyl sites for hydroxylation is 1. The maximum atomic E-state index is 3.55. The van der Waals surface area contributed by atoms with Gasteiger partial charge < -0.3 is 0 Å². The number of benzene rings is 3. The predicted molar refractivity (Wildman–Crippen MR) is 73.9 cm³/mol. The summed E-state index contributed by atoms with van der Waals surface area (Å²) in [6.45, 7) is 2.15. The molecule has 0 amide bonds. The Morgan fingerprint density at radius 1 is 0.812 bits per heavy atom. The average Bonchev–Trinajstić information content (AvgIpc) is 2.27. The molecule has 0 aliphatic heterocycles. The van der Waals surface area contributed by atoms with E-state index in [2.05, 4.69) is 71.4 Å². The van der Waals surface area contributed by atoms with E-state index in [0.717, 1.165) is 4.47 Å². The molecule has 0 bridgehead atoms. The van der Waals surface area contributed by atoms with E-state index in [4.69, 9.17) is 0 Å². The Balaban J connectivity index is 2.51. The highest BCUT2D eigenvalue weighted by molar-refractivity contribution is 9.10. The minimum Gasteiger partial charge on any atom is -0.0616 e. The molecule has 16 heavy (non-hydrogen) atoms. The van der Waals surface area contributed by atoms with Crippen molar-refractivity contribution in [3.05, 3.63) is 58.6 Å². The molecule has 78 valence electrons. The summed E-state index contributed by atoms with van der Waals surface area (Å²) in [5.74, 6) is 0. The van der Waals surface area contributed by atoms with E-state index < -0.39 is 0 Å². The Morgan fingerprint density at radius 3 is 2.25 bits per heavy atom. The van der Waals surface area contributed by atoms with Gasteiger partial charge in [-0.3, -0.25) is 0 Å². The second-order valence-corrected chi connectivity index (χ2v) is 5.06. The van der Waals surface area contributed by atoms with Gasteiger partial charge in [-0.1, -0.05) is 40.2 Å². The van der Waals surface area contributed by atoms with Crippen molar-refractivity contribution >= 4 is 37.5 Å². The minimum atomic E-state index is 1.15. The minimum absolute atomic E-state index is 1.15. The highest BCUT2D eigenvalue weighted by atomic mass is 79.9. The summed E-state index contributed by atoms with van der Waals surface area (Å²) in [6.07, 6.45) is 0. The summed E-state index contributed by atoms with van der Waals surface area (Å²) in [7, 11) is 0. The van der Waals surface area contributed by atoms with E-state index in [0.29, 0.717) is 0 Å². The van der Waals surface area contributed by atoms with Crippen LogP contribution in [-0.2, 0) is 0 Å². The van der Waals surface area contributed by atoms with Crippen LogP contribution in [0.2, 0.25) is 0 Å². The van der Waals surface area contributed by atoms with Gasteiger partial charge in [-0.05, 0) is 58.3 Å². The van der Waals surface area contributed by atoms with Crippen LogP contribution in [0.4, 0.5) is 0 Å². The Bertz CT molecular complexity index is 683. The van der Waals surface area contributed by atoms with Crippen molar-refractivity contribution < 1.29 is 0 Å². The van der Waals surface area contributed by atoms with Crippen LogP contribution < -0.4 is 0 Å². The van der Waals surface area contributed by atoms with Crippen molar-refractivity contribution in [3.8, 4) is 0 Å². The normalized spacial score (nSPS) is 11.1. The van der Waals surface area contributed by atoms with Gasteiger partial charge in [0.05, 0.1) is 0 Å². The zero-order valence-corrected chi connectivity index (χ0v) is 10.6. The predicted octanol–water partition coefficient (Wildman–Crippen LogP) is 5.06. The van der Waals surface area contributed by atoms with Crippen molar-refractivity contribution in [2.24, 2.45) is 0 Å². The lowest BCUT2D eigenvalue weighted by Crippen LogP contribution is -1.80. The molecule has 0 aliphatic carbocycles. The van der Waals surface area contributed by atoms with Crippen LogP contribution in [0.5, 0.6) is 0 Å². The zero-order chi connectivity index (χ0) is 11.1. The monoisotopic (exact) mass is 270 g/mol. The quantitative estimate of drug-likeness (QED) is 0.501. The molecule has 0 heterocycles. The first-order valence-electron chi connectivity index (χ1n) is 5.33. The fourth-order valence-corrected chi connectivity index (χ4v) is 2.78. The lowest BCUT2D eigenvalue weighted by Gasteiger charge is -2.06. The van der Waals surface area contributed by atoms with Crippen molar-refractivity contribution in [3.63, 3.8) is 0 Å². The van der Waals surface area contributed by atoms with Gasteiger partial charge in [0.15, 0.2) is 0 Å². The van der Waals surface area contributed by atoms with E-state index in [-0.39, 0.29) is 0 Å². The Labute approximate surface area is 103 Å². The third kappa shape index (κ3) is 1.52. The van der Waals surface area contributed by atoms with E-state index in [1.807, 2.05) is 0 Å². The maximum Gasteiger partial charge on any atom is 0.0184 e. The third-order valence-corrected chi connectivity index (χ3v) is 3.45. The standard InChI is InChI=1S/C15H11Br/c1-10-6-14(16)8-13-7-11-4-2-3-5-12(11)9-15(10)13/h2-9H,1H3. The maximum absolute atomic E-state index is 3.55. The van der Waals surface area contributed by atoms with E-state index in [1.165, 1.54) is 27.1 Å². The van der Waals surface area contributed by atoms with E-state index in [9.17, 15) is 0 Å². The summed E-state index contributed by atoms with van der Waals surface area (Å²) in [6, 6.07) is 17.4. The van der Waals surface area contributed by atoms with Crippen LogP contribution in [0, 0.1) is 6.92 Å². The second-order valence-electron chi connectivity index (χ2n) is 4.14. The molecule has 0 aliphatic rings. The fraction of sp³-hybridized carbons (Fsp3) is 0.0667. The van der Waals surface area contributed by atoms with Crippen LogP contribution in [0.15, 0.2) is 53.0 Å². The number of halogens is 1. The van der Waals surface area contributed by atoms with Crippen molar-refractivity contribution in [1.82, 2.24) is 0 Å². The zero-order valence-electron chi connectivity index (χ0n) is 9.00. The van der Waals surface area contributed by atoms with E-state index >= 15 is 0 Å². The molecule has 0 atom stereocenters. The van der Waals surface area contributed by atoms with Crippen LogP contribution >= 0.6 is 15.9 Å². The molecule has 3 aromatic carbocycles. The Kier molecular flexibility index (Phi) is 2.22. The van der Waals surface area contributed by atoms with Gasteiger partial charge in [0, 0.05) is 4.47 Å². The number of fused-ring (bicyclic) bond motifs is 2. The molecule has 1 heteroatoms. The third-order valence-electron chi connectivity index (χ3n) is 2.99. The van der Waals surface area contributed by atoms with Gasteiger partial charge in [0.25, 0.3) is 0 Å². The first-order valence-corrected chi connectivity index (χ1v) is 6.12. The van der Waals surface area contributed by atoms with Gasteiger partial charge >= 0.3 is 0 Å².